The maximum atomic E-state index is 11.2. The largest absolute Gasteiger partial charge is 0.497 e. The van der Waals surface area contributed by atoms with Crippen LogP contribution in [0.25, 0.3) is 11.0 Å². The van der Waals surface area contributed by atoms with E-state index in [1.165, 1.54) is 24.5 Å². The van der Waals surface area contributed by atoms with Crippen molar-refractivity contribution in [3.05, 3.63) is 52.1 Å². The van der Waals surface area contributed by atoms with E-state index in [-0.39, 0.29) is 17.2 Å². The molecule has 1 aliphatic heterocycles. The first-order chi connectivity index (χ1) is 13.7. The zero-order valence-corrected chi connectivity index (χ0v) is 15.5. The van der Waals surface area contributed by atoms with Crippen molar-refractivity contribution in [2.75, 3.05) is 32.1 Å². The van der Waals surface area contributed by atoms with Crippen LogP contribution in [0.4, 0.5) is 11.4 Å². The normalized spacial score (nSPS) is 15.6. The van der Waals surface area contributed by atoms with E-state index in [2.05, 4.69) is 32.7 Å². The molecule has 1 unspecified atom stereocenters. The Morgan fingerprint density at radius 1 is 1.18 bits per heavy atom. The minimum atomic E-state index is -0.485. The molecule has 3 aromatic rings. The van der Waals surface area contributed by atoms with Crippen molar-refractivity contribution in [1.29, 1.82) is 0 Å². The second kappa shape index (κ2) is 7.81. The Morgan fingerprint density at radius 3 is 2.57 bits per heavy atom. The van der Waals surface area contributed by atoms with Crippen LogP contribution in [0.5, 0.6) is 5.75 Å². The molecule has 2 heterocycles. The smallest absolute Gasteiger partial charge is 0.300 e. The predicted molar refractivity (Wildman–Crippen MR) is 103 cm³/mol. The number of hydrogen-bond acceptors (Lipinski definition) is 8. The van der Waals surface area contributed by atoms with Gasteiger partial charge in [0.2, 0.25) is 5.52 Å². The molecule has 146 valence electrons. The van der Waals surface area contributed by atoms with Crippen molar-refractivity contribution >= 4 is 22.4 Å². The minimum absolute atomic E-state index is 0.118. The Labute approximate surface area is 161 Å². The first-order valence-corrected chi connectivity index (χ1v) is 9.19. The van der Waals surface area contributed by atoms with Gasteiger partial charge in [0.1, 0.15) is 5.75 Å². The highest BCUT2D eigenvalue weighted by molar-refractivity contribution is 5.93. The third-order valence-electron chi connectivity index (χ3n) is 5.16. The van der Waals surface area contributed by atoms with Gasteiger partial charge in [-0.25, -0.2) is 4.63 Å². The molecule has 1 N–H and O–H groups in total. The Morgan fingerprint density at radius 2 is 1.89 bits per heavy atom. The Balaban J connectivity index is 1.59. The number of methoxy groups -OCH3 is 1. The number of hydrogen-bond donors (Lipinski definition) is 1. The number of nitro benzene ring substituents is 1. The van der Waals surface area contributed by atoms with Crippen molar-refractivity contribution in [3.8, 4) is 5.75 Å². The molecule has 0 radical (unpaired) electrons. The molecule has 1 atom stereocenters. The van der Waals surface area contributed by atoms with Crippen LogP contribution in [0.3, 0.4) is 0 Å². The van der Waals surface area contributed by atoms with E-state index in [0.717, 1.165) is 18.8 Å². The summed E-state index contributed by atoms with van der Waals surface area (Å²) in [5.74, 6) is 0.822. The monoisotopic (exact) mass is 383 g/mol. The average molecular weight is 383 g/mol. The first kappa shape index (κ1) is 18.2. The summed E-state index contributed by atoms with van der Waals surface area (Å²) < 4.78 is 10.0. The molecule has 28 heavy (non-hydrogen) atoms. The van der Waals surface area contributed by atoms with Crippen LogP contribution in [-0.4, -0.2) is 46.9 Å². The highest BCUT2D eigenvalue weighted by atomic mass is 16.6. The van der Waals surface area contributed by atoms with Crippen molar-refractivity contribution in [1.82, 2.24) is 15.2 Å². The molecule has 1 aliphatic rings. The lowest BCUT2D eigenvalue weighted by atomic mass is 10.0. The maximum Gasteiger partial charge on any atom is 0.300 e. The lowest BCUT2D eigenvalue weighted by Gasteiger charge is -2.28. The van der Waals surface area contributed by atoms with E-state index in [1.54, 1.807) is 13.2 Å². The molecule has 1 aromatic heterocycles. The molecule has 0 bridgehead atoms. The van der Waals surface area contributed by atoms with Gasteiger partial charge in [0.15, 0.2) is 5.52 Å². The van der Waals surface area contributed by atoms with Crippen molar-refractivity contribution in [2.24, 2.45) is 0 Å². The topological polar surface area (TPSA) is 107 Å². The number of benzene rings is 2. The second-order valence-corrected chi connectivity index (χ2v) is 6.76. The number of ether oxygens (including phenoxy) is 1. The van der Waals surface area contributed by atoms with Gasteiger partial charge in [0.25, 0.3) is 0 Å². The molecular weight excluding hydrogens is 362 g/mol. The van der Waals surface area contributed by atoms with Gasteiger partial charge in [-0.05, 0) is 60.0 Å². The molecule has 0 amide bonds. The summed E-state index contributed by atoms with van der Waals surface area (Å²) in [6, 6.07) is 11.3. The fourth-order valence-corrected chi connectivity index (χ4v) is 3.69. The van der Waals surface area contributed by atoms with Gasteiger partial charge < -0.3 is 10.1 Å². The van der Waals surface area contributed by atoms with E-state index < -0.39 is 4.92 Å². The van der Waals surface area contributed by atoms with Crippen molar-refractivity contribution < 1.29 is 14.3 Å². The van der Waals surface area contributed by atoms with Crippen molar-refractivity contribution in [3.63, 3.8) is 0 Å². The zero-order valence-electron chi connectivity index (χ0n) is 15.5. The molecular formula is C19H21N5O4. The van der Waals surface area contributed by atoms with Crippen LogP contribution >= 0.6 is 0 Å². The standard InChI is InChI=1S/C19H21N5O4/c1-27-14-6-4-13(5-7-14)17(23-10-2-3-11-23)12-20-15-8-9-16(24(25)26)19-18(15)21-28-22-19/h4-9,17,20H,2-3,10-12H2,1H3. The van der Waals surface area contributed by atoms with Gasteiger partial charge in [0.05, 0.1) is 23.8 Å². The van der Waals surface area contributed by atoms with Crippen molar-refractivity contribution in [2.45, 2.75) is 18.9 Å². The Kier molecular flexibility index (Phi) is 5.07. The van der Waals surface area contributed by atoms with Gasteiger partial charge in [-0.1, -0.05) is 12.1 Å². The van der Waals surface area contributed by atoms with Crippen LogP contribution in [0, 0.1) is 10.1 Å². The fraction of sp³-hybridized carbons (Fsp3) is 0.368. The number of likely N-dealkylation sites (tertiary alicyclic amines) is 1. The number of nitrogens with zero attached hydrogens (tertiary/aromatic N) is 4. The van der Waals surface area contributed by atoms with E-state index in [1.807, 2.05) is 12.1 Å². The second-order valence-electron chi connectivity index (χ2n) is 6.76. The molecule has 4 rings (SSSR count). The predicted octanol–water partition coefficient (Wildman–Crippen LogP) is 3.39. The third kappa shape index (κ3) is 3.48. The van der Waals surface area contributed by atoms with Crippen LogP contribution in [0.2, 0.25) is 0 Å². The molecule has 0 aliphatic carbocycles. The van der Waals surface area contributed by atoms with Gasteiger partial charge in [-0.2, -0.15) is 0 Å². The quantitative estimate of drug-likeness (QED) is 0.489. The number of anilines is 1. The molecule has 1 fully saturated rings. The lowest BCUT2D eigenvalue weighted by Crippen LogP contribution is -2.31. The average Bonchev–Trinajstić information content (AvgIpc) is 3.40. The van der Waals surface area contributed by atoms with Gasteiger partial charge >= 0.3 is 5.69 Å². The van der Waals surface area contributed by atoms with Gasteiger partial charge in [0, 0.05) is 12.6 Å². The summed E-state index contributed by atoms with van der Waals surface area (Å²) in [7, 11) is 1.65. The molecule has 9 nitrogen and oxygen atoms in total. The number of nitro groups is 1. The van der Waals surface area contributed by atoms with E-state index in [4.69, 9.17) is 9.37 Å². The van der Waals surface area contributed by atoms with Crippen LogP contribution < -0.4 is 10.1 Å². The molecule has 0 spiro atoms. The summed E-state index contributed by atoms with van der Waals surface area (Å²) in [5, 5.41) is 22.1. The van der Waals surface area contributed by atoms with Crippen LogP contribution in [0.1, 0.15) is 24.4 Å². The number of aromatic nitrogens is 2. The summed E-state index contributed by atoms with van der Waals surface area (Å²) in [4.78, 5) is 13.1. The number of rotatable bonds is 7. The molecule has 9 heteroatoms. The summed E-state index contributed by atoms with van der Waals surface area (Å²) in [5.41, 5.74) is 2.25. The zero-order chi connectivity index (χ0) is 19.5. The fourth-order valence-electron chi connectivity index (χ4n) is 3.69. The number of fused-ring (bicyclic) bond motifs is 1. The molecule has 1 saturated heterocycles. The Bertz CT molecular complexity index is 966. The van der Waals surface area contributed by atoms with Gasteiger partial charge in [-0.15, -0.1) is 0 Å². The minimum Gasteiger partial charge on any atom is -0.497 e. The lowest BCUT2D eigenvalue weighted by molar-refractivity contribution is -0.383. The van der Waals surface area contributed by atoms with E-state index in [0.29, 0.717) is 17.7 Å². The first-order valence-electron chi connectivity index (χ1n) is 9.19. The molecule has 2 aromatic carbocycles. The SMILES string of the molecule is COc1ccc(C(CNc2ccc([N+](=O)[O-])c3nonc23)N2CCCC2)cc1. The summed E-state index contributed by atoms with van der Waals surface area (Å²) in [6.07, 6.45) is 2.36. The van der Waals surface area contributed by atoms with E-state index in [9.17, 15) is 10.1 Å². The third-order valence-corrected chi connectivity index (χ3v) is 5.16. The summed E-state index contributed by atoms with van der Waals surface area (Å²) in [6.45, 7) is 2.71. The highest BCUT2D eigenvalue weighted by Gasteiger charge is 2.25. The summed E-state index contributed by atoms with van der Waals surface area (Å²) >= 11 is 0. The van der Waals surface area contributed by atoms with Gasteiger partial charge in [-0.3, -0.25) is 15.0 Å². The number of non-ortho nitro benzene ring substituents is 1. The molecule has 0 saturated carbocycles. The maximum absolute atomic E-state index is 11.2. The Hall–Kier alpha value is -3.20. The van der Waals surface area contributed by atoms with Crippen LogP contribution in [-0.2, 0) is 0 Å². The van der Waals surface area contributed by atoms with E-state index >= 15 is 0 Å². The van der Waals surface area contributed by atoms with Crippen LogP contribution in [0.15, 0.2) is 41.0 Å². The highest BCUT2D eigenvalue weighted by Crippen LogP contribution is 2.31. The number of nitrogens with one attached hydrogen (secondary N) is 1.